The minimum absolute atomic E-state index is 0.0972. The molecule has 150 valence electrons. The van der Waals surface area contributed by atoms with Crippen LogP contribution in [-0.4, -0.2) is 44.3 Å². The highest BCUT2D eigenvalue weighted by molar-refractivity contribution is 6.00. The molecule has 1 fully saturated rings. The number of ether oxygens (including phenoxy) is 1. The lowest BCUT2D eigenvalue weighted by atomic mass is 10.0. The first-order valence-corrected chi connectivity index (χ1v) is 9.97. The quantitative estimate of drug-likeness (QED) is 0.730. The number of nitrogens with zero attached hydrogens (tertiary/aromatic N) is 1. The average Bonchev–Trinajstić information content (AvgIpc) is 3.13. The van der Waals surface area contributed by atoms with Crippen molar-refractivity contribution in [1.29, 1.82) is 0 Å². The van der Waals surface area contributed by atoms with Gasteiger partial charge in [-0.2, -0.15) is 0 Å². The third-order valence-electron chi connectivity index (χ3n) is 4.71. The van der Waals surface area contributed by atoms with Crippen molar-refractivity contribution in [1.82, 2.24) is 10.6 Å². The Kier molecular flexibility index (Phi) is 7.95. The highest BCUT2D eigenvalue weighted by Gasteiger charge is 2.21. The zero-order valence-corrected chi connectivity index (χ0v) is 17.0. The van der Waals surface area contributed by atoms with Crippen molar-refractivity contribution in [3.63, 3.8) is 0 Å². The minimum Gasteiger partial charge on any atom is -0.450 e. The zero-order chi connectivity index (χ0) is 19.8. The third-order valence-corrected chi connectivity index (χ3v) is 4.71. The van der Waals surface area contributed by atoms with E-state index < -0.39 is 6.09 Å². The summed E-state index contributed by atoms with van der Waals surface area (Å²) in [6.45, 7) is 10.6. The maximum Gasteiger partial charge on any atom is 0.407 e. The van der Waals surface area contributed by atoms with E-state index in [1.54, 1.807) is 6.92 Å². The maximum atomic E-state index is 12.9. The molecule has 1 aliphatic rings. The Bertz CT molecular complexity index is 640. The molecule has 0 saturated carbocycles. The highest BCUT2D eigenvalue weighted by Crippen LogP contribution is 2.25. The van der Waals surface area contributed by atoms with Gasteiger partial charge in [-0.05, 0) is 51.2 Å². The molecule has 0 radical (unpaired) electrons. The lowest BCUT2D eigenvalue weighted by molar-refractivity contribution is 0.0945. The van der Waals surface area contributed by atoms with E-state index in [0.29, 0.717) is 24.6 Å². The van der Waals surface area contributed by atoms with Crippen molar-refractivity contribution in [2.75, 3.05) is 31.1 Å². The van der Waals surface area contributed by atoms with Gasteiger partial charge in [0, 0.05) is 31.4 Å². The van der Waals surface area contributed by atoms with Crippen LogP contribution in [0.15, 0.2) is 18.2 Å². The molecule has 0 bridgehead atoms. The van der Waals surface area contributed by atoms with Crippen molar-refractivity contribution in [2.45, 2.75) is 53.0 Å². The number of anilines is 1. The van der Waals surface area contributed by atoms with Gasteiger partial charge in [0.25, 0.3) is 5.91 Å². The Morgan fingerprint density at radius 1 is 1.22 bits per heavy atom. The van der Waals surface area contributed by atoms with Gasteiger partial charge in [-0.15, -0.1) is 0 Å². The molecular formula is C21H33N3O3. The van der Waals surface area contributed by atoms with Crippen LogP contribution in [0.4, 0.5) is 10.5 Å². The van der Waals surface area contributed by atoms with Crippen molar-refractivity contribution < 1.29 is 14.3 Å². The number of alkyl carbamates (subject to hydrolysis) is 1. The molecule has 1 unspecified atom stereocenters. The summed E-state index contributed by atoms with van der Waals surface area (Å²) in [5.74, 6) is 0.299. The zero-order valence-electron chi connectivity index (χ0n) is 17.0. The van der Waals surface area contributed by atoms with Gasteiger partial charge in [-0.3, -0.25) is 4.79 Å². The standard InChI is InChI=1S/C21H33N3O3/c1-5-27-21(26)23-17(12-15(2)3)14-22-20(25)18-13-16(4)8-9-19(18)24-10-6-7-11-24/h8-9,13,15,17H,5-7,10-12,14H2,1-4H3,(H,22,25)(H,23,26). The Morgan fingerprint density at radius 2 is 1.93 bits per heavy atom. The first-order valence-electron chi connectivity index (χ1n) is 9.97. The van der Waals surface area contributed by atoms with Gasteiger partial charge in [0.1, 0.15) is 0 Å². The van der Waals surface area contributed by atoms with Crippen molar-refractivity contribution in [2.24, 2.45) is 5.92 Å². The van der Waals surface area contributed by atoms with Crippen LogP contribution in [-0.2, 0) is 4.74 Å². The number of hydrogen-bond donors (Lipinski definition) is 2. The van der Waals surface area contributed by atoms with E-state index in [1.807, 2.05) is 25.1 Å². The van der Waals surface area contributed by atoms with Crippen molar-refractivity contribution in [3.05, 3.63) is 29.3 Å². The smallest absolute Gasteiger partial charge is 0.407 e. The topological polar surface area (TPSA) is 70.7 Å². The van der Waals surface area contributed by atoms with Crippen LogP contribution in [0, 0.1) is 12.8 Å². The predicted molar refractivity (Wildman–Crippen MR) is 108 cm³/mol. The van der Waals surface area contributed by atoms with Gasteiger partial charge in [0.15, 0.2) is 0 Å². The molecule has 6 heteroatoms. The lowest BCUT2D eigenvalue weighted by Crippen LogP contribution is -2.44. The summed E-state index contributed by atoms with van der Waals surface area (Å²) < 4.78 is 4.98. The average molecular weight is 376 g/mol. The van der Waals surface area contributed by atoms with Crippen LogP contribution in [0.5, 0.6) is 0 Å². The highest BCUT2D eigenvalue weighted by atomic mass is 16.5. The summed E-state index contributed by atoms with van der Waals surface area (Å²) in [7, 11) is 0. The first-order chi connectivity index (χ1) is 12.9. The Hall–Kier alpha value is -2.24. The molecule has 1 aromatic rings. The van der Waals surface area contributed by atoms with Crippen molar-refractivity contribution in [3.8, 4) is 0 Å². The van der Waals surface area contributed by atoms with E-state index >= 15 is 0 Å². The molecule has 2 amide bonds. The molecule has 2 rings (SSSR count). The van der Waals surface area contributed by atoms with Crippen molar-refractivity contribution >= 4 is 17.7 Å². The van der Waals surface area contributed by atoms with E-state index in [0.717, 1.165) is 43.6 Å². The Labute approximate surface area is 162 Å². The van der Waals surface area contributed by atoms with Crippen LogP contribution < -0.4 is 15.5 Å². The minimum atomic E-state index is -0.439. The maximum absolute atomic E-state index is 12.9. The van der Waals surface area contributed by atoms with Gasteiger partial charge in [0.2, 0.25) is 0 Å². The second-order valence-electron chi connectivity index (χ2n) is 7.62. The monoisotopic (exact) mass is 375 g/mol. The fraction of sp³-hybridized carbons (Fsp3) is 0.619. The third kappa shape index (κ3) is 6.45. The molecule has 0 spiro atoms. The number of carbonyl (C=O) groups is 2. The van der Waals surface area contributed by atoms with E-state index in [1.165, 1.54) is 0 Å². The first kappa shape index (κ1) is 21.1. The van der Waals surface area contributed by atoms with Gasteiger partial charge < -0.3 is 20.3 Å². The molecule has 27 heavy (non-hydrogen) atoms. The normalized spacial score (nSPS) is 14.9. The van der Waals surface area contributed by atoms with E-state index in [9.17, 15) is 9.59 Å². The number of benzene rings is 1. The summed E-state index contributed by atoms with van der Waals surface area (Å²) in [6, 6.07) is 5.87. The number of amides is 2. The number of nitrogens with one attached hydrogen (secondary N) is 2. The number of carbonyl (C=O) groups excluding carboxylic acids is 2. The molecule has 2 N–H and O–H groups in total. The molecule has 1 aromatic carbocycles. The number of hydrogen-bond acceptors (Lipinski definition) is 4. The lowest BCUT2D eigenvalue weighted by Gasteiger charge is -2.23. The molecule has 1 saturated heterocycles. The van der Waals surface area contributed by atoms with Crippen LogP contribution in [0.25, 0.3) is 0 Å². The largest absolute Gasteiger partial charge is 0.450 e. The molecular weight excluding hydrogens is 342 g/mol. The van der Waals surface area contributed by atoms with Crippen LogP contribution >= 0.6 is 0 Å². The van der Waals surface area contributed by atoms with Crippen LogP contribution in [0.3, 0.4) is 0 Å². The summed E-state index contributed by atoms with van der Waals surface area (Å²) in [5.41, 5.74) is 2.76. The SMILES string of the molecule is CCOC(=O)NC(CNC(=O)c1cc(C)ccc1N1CCCC1)CC(C)C. The Morgan fingerprint density at radius 3 is 2.56 bits per heavy atom. The second kappa shape index (κ2) is 10.2. The molecule has 0 aromatic heterocycles. The Balaban J connectivity index is 2.05. The van der Waals surface area contributed by atoms with Crippen LogP contribution in [0.2, 0.25) is 0 Å². The molecule has 1 aliphatic heterocycles. The van der Waals surface area contributed by atoms with E-state index in [2.05, 4.69) is 29.4 Å². The fourth-order valence-corrected chi connectivity index (χ4v) is 3.48. The van der Waals surface area contributed by atoms with Gasteiger partial charge in [0.05, 0.1) is 12.2 Å². The number of aryl methyl sites for hydroxylation is 1. The van der Waals surface area contributed by atoms with E-state index in [-0.39, 0.29) is 11.9 Å². The summed E-state index contributed by atoms with van der Waals surface area (Å²) in [6.07, 6.45) is 2.65. The van der Waals surface area contributed by atoms with Gasteiger partial charge in [-0.1, -0.05) is 25.5 Å². The van der Waals surface area contributed by atoms with Gasteiger partial charge in [-0.25, -0.2) is 4.79 Å². The molecule has 1 heterocycles. The predicted octanol–water partition coefficient (Wildman–Crippen LogP) is 3.49. The molecule has 1 atom stereocenters. The number of rotatable bonds is 8. The summed E-state index contributed by atoms with van der Waals surface area (Å²) in [5, 5.41) is 5.86. The fourth-order valence-electron chi connectivity index (χ4n) is 3.48. The summed E-state index contributed by atoms with van der Waals surface area (Å²) in [4.78, 5) is 26.9. The summed E-state index contributed by atoms with van der Waals surface area (Å²) >= 11 is 0. The second-order valence-corrected chi connectivity index (χ2v) is 7.62. The van der Waals surface area contributed by atoms with E-state index in [4.69, 9.17) is 4.74 Å². The van der Waals surface area contributed by atoms with Crippen LogP contribution in [0.1, 0.15) is 56.0 Å². The molecule has 6 nitrogen and oxygen atoms in total. The molecule has 0 aliphatic carbocycles. The van der Waals surface area contributed by atoms with Gasteiger partial charge >= 0.3 is 6.09 Å².